The number of alkyl halides is 2. The number of phenolic OH excluding ortho intramolecular Hbond substituents is 1. The van der Waals surface area contributed by atoms with Crippen LogP contribution in [0.5, 0.6) is 11.5 Å². The summed E-state index contributed by atoms with van der Waals surface area (Å²) in [7, 11) is 0. The minimum atomic E-state index is -2.89. The zero-order valence-electron chi connectivity index (χ0n) is 10.3. The fraction of sp³-hybridized carbons (Fsp3) is 0.143. The van der Waals surface area contributed by atoms with Crippen molar-refractivity contribution in [3.05, 3.63) is 53.1 Å². The number of halogens is 3. The lowest BCUT2D eigenvalue weighted by molar-refractivity contribution is -0.0493. The van der Waals surface area contributed by atoms with Gasteiger partial charge in [-0.1, -0.05) is 35.9 Å². The minimum Gasteiger partial charge on any atom is -0.506 e. The lowest BCUT2D eigenvalue weighted by Gasteiger charge is -2.13. The predicted octanol–water partition coefficient (Wildman–Crippen LogP) is 4.26. The third-order valence-corrected chi connectivity index (χ3v) is 2.95. The maximum Gasteiger partial charge on any atom is 0.387 e. The van der Waals surface area contributed by atoms with Gasteiger partial charge in [0.15, 0.2) is 0 Å². The van der Waals surface area contributed by atoms with Gasteiger partial charge in [0.1, 0.15) is 11.5 Å². The van der Waals surface area contributed by atoms with Crippen LogP contribution in [0.3, 0.4) is 0 Å². The van der Waals surface area contributed by atoms with E-state index in [4.69, 9.17) is 11.6 Å². The lowest BCUT2D eigenvalue weighted by Crippen LogP contribution is -2.06. The van der Waals surface area contributed by atoms with Crippen LogP contribution in [0, 0.1) is 0 Å². The summed E-state index contributed by atoms with van der Waals surface area (Å²) in [5, 5.41) is 12.9. The van der Waals surface area contributed by atoms with E-state index in [1.807, 2.05) is 0 Å². The molecule has 0 heterocycles. The molecule has 106 valence electrons. The zero-order valence-corrected chi connectivity index (χ0v) is 11.1. The SMILES string of the molecule is Oc1c(Cl)cccc1CNc1ccccc1OC(F)F. The van der Waals surface area contributed by atoms with Crippen LogP contribution in [0.2, 0.25) is 5.02 Å². The number of ether oxygens (including phenoxy) is 1. The van der Waals surface area contributed by atoms with Crippen molar-refractivity contribution in [3.63, 3.8) is 0 Å². The minimum absolute atomic E-state index is 0.0334. The van der Waals surface area contributed by atoms with Crippen molar-refractivity contribution < 1.29 is 18.6 Å². The van der Waals surface area contributed by atoms with Crippen LogP contribution in [-0.4, -0.2) is 11.7 Å². The van der Waals surface area contributed by atoms with Crippen LogP contribution in [-0.2, 0) is 6.54 Å². The van der Waals surface area contributed by atoms with Crippen molar-refractivity contribution in [1.82, 2.24) is 0 Å². The second-order valence-electron chi connectivity index (χ2n) is 3.98. The Morgan fingerprint density at radius 2 is 1.90 bits per heavy atom. The summed E-state index contributed by atoms with van der Waals surface area (Å²) in [6, 6.07) is 11.3. The molecule has 0 unspecified atom stereocenters. The van der Waals surface area contributed by atoms with Gasteiger partial charge in [0.05, 0.1) is 10.7 Å². The summed E-state index contributed by atoms with van der Waals surface area (Å²) in [6.45, 7) is -2.66. The molecule has 0 aliphatic carbocycles. The van der Waals surface area contributed by atoms with Gasteiger partial charge in [-0.15, -0.1) is 0 Å². The van der Waals surface area contributed by atoms with Gasteiger partial charge in [0.25, 0.3) is 0 Å². The number of aromatic hydroxyl groups is 1. The molecule has 6 heteroatoms. The average Bonchev–Trinajstić information content (AvgIpc) is 2.41. The van der Waals surface area contributed by atoms with Crippen molar-refractivity contribution in [2.75, 3.05) is 5.32 Å². The van der Waals surface area contributed by atoms with Crippen molar-refractivity contribution in [2.45, 2.75) is 13.2 Å². The number of anilines is 1. The Balaban J connectivity index is 2.13. The van der Waals surface area contributed by atoms with E-state index < -0.39 is 6.61 Å². The molecule has 20 heavy (non-hydrogen) atoms. The number of rotatable bonds is 5. The lowest BCUT2D eigenvalue weighted by atomic mass is 10.2. The van der Waals surface area contributed by atoms with Gasteiger partial charge >= 0.3 is 6.61 Å². The molecule has 0 fully saturated rings. The number of nitrogens with one attached hydrogen (secondary N) is 1. The highest BCUT2D eigenvalue weighted by molar-refractivity contribution is 6.32. The normalized spacial score (nSPS) is 10.6. The van der Waals surface area contributed by atoms with E-state index in [1.54, 1.807) is 36.4 Å². The molecule has 0 aliphatic heterocycles. The quantitative estimate of drug-likeness (QED) is 0.867. The number of hydrogen-bond donors (Lipinski definition) is 2. The molecule has 0 radical (unpaired) electrons. The molecular weight excluding hydrogens is 288 g/mol. The number of phenols is 1. The second kappa shape index (κ2) is 6.43. The molecule has 0 saturated carbocycles. The van der Waals surface area contributed by atoms with E-state index in [-0.39, 0.29) is 23.1 Å². The molecule has 0 aromatic heterocycles. The Bertz CT molecular complexity index is 593. The van der Waals surface area contributed by atoms with Crippen molar-refractivity contribution in [3.8, 4) is 11.5 Å². The first kappa shape index (κ1) is 14.4. The van der Waals surface area contributed by atoms with Crippen LogP contribution in [0.25, 0.3) is 0 Å². The van der Waals surface area contributed by atoms with Gasteiger partial charge in [-0.2, -0.15) is 8.78 Å². The van der Waals surface area contributed by atoms with Gasteiger partial charge in [-0.25, -0.2) is 0 Å². The first-order valence-corrected chi connectivity index (χ1v) is 6.20. The molecular formula is C14H12ClF2NO2. The fourth-order valence-corrected chi connectivity index (χ4v) is 1.90. The van der Waals surface area contributed by atoms with Crippen LogP contribution < -0.4 is 10.1 Å². The molecule has 0 saturated heterocycles. The molecule has 0 aliphatic rings. The number of para-hydroxylation sites is 3. The molecule has 0 amide bonds. The van der Waals surface area contributed by atoms with E-state index in [9.17, 15) is 13.9 Å². The van der Waals surface area contributed by atoms with E-state index in [0.29, 0.717) is 11.3 Å². The van der Waals surface area contributed by atoms with E-state index in [1.165, 1.54) is 6.07 Å². The van der Waals surface area contributed by atoms with Gasteiger partial charge in [0, 0.05) is 12.1 Å². The van der Waals surface area contributed by atoms with E-state index in [2.05, 4.69) is 10.1 Å². The number of benzene rings is 2. The van der Waals surface area contributed by atoms with Crippen LogP contribution in [0.4, 0.5) is 14.5 Å². The zero-order chi connectivity index (χ0) is 14.5. The van der Waals surface area contributed by atoms with Crippen molar-refractivity contribution in [1.29, 1.82) is 0 Å². The molecule has 3 nitrogen and oxygen atoms in total. The number of hydrogen-bond acceptors (Lipinski definition) is 3. The predicted molar refractivity (Wildman–Crippen MR) is 73.5 cm³/mol. The molecule has 2 rings (SSSR count). The van der Waals surface area contributed by atoms with Gasteiger partial charge in [0.2, 0.25) is 0 Å². The molecule has 2 N–H and O–H groups in total. The van der Waals surface area contributed by atoms with E-state index >= 15 is 0 Å². The summed E-state index contributed by atoms with van der Waals surface area (Å²) < 4.78 is 28.9. The summed E-state index contributed by atoms with van der Waals surface area (Å²) in [5.41, 5.74) is 0.969. The summed E-state index contributed by atoms with van der Waals surface area (Å²) in [4.78, 5) is 0. The maximum atomic E-state index is 12.3. The smallest absolute Gasteiger partial charge is 0.387 e. The Morgan fingerprint density at radius 1 is 1.15 bits per heavy atom. The van der Waals surface area contributed by atoms with Crippen molar-refractivity contribution in [2.24, 2.45) is 0 Å². The van der Waals surface area contributed by atoms with E-state index in [0.717, 1.165) is 0 Å². The van der Waals surface area contributed by atoms with Gasteiger partial charge < -0.3 is 15.2 Å². The summed E-state index contributed by atoms with van der Waals surface area (Å²) in [6.07, 6.45) is 0. The van der Waals surface area contributed by atoms with Gasteiger partial charge in [-0.3, -0.25) is 0 Å². The molecule has 0 spiro atoms. The highest BCUT2D eigenvalue weighted by atomic mass is 35.5. The Hall–Kier alpha value is -2.01. The monoisotopic (exact) mass is 299 g/mol. The average molecular weight is 300 g/mol. The van der Waals surface area contributed by atoms with Crippen LogP contribution >= 0.6 is 11.6 Å². The third kappa shape index (κ3) is 3.51. The maximum absolute atomic E-state index is 12.3. The fourth-order valence-electron chi connectivity index (χ4n) is 1.70. The van der Waals surface area contributed by atoms with Crippen molar-refractivity contribution >= 4 is 17.3 Å². The topological polar surface area (TPSA) is 41.5 Å². The van der Waals surface area contributed by atoms with Crippen LogP contribution in [0.15, 0.2) is 42.5 Å². The Labute approximate surface area is 119 Å². The molecule has 2 aromatic carbocycles. The first-order chi connectivity index (χ1) is 9.58. The highest BCUT2D eigenvalue weighted by Crippen LogP contribution is 2.30. The molecule has 0 bridgehead atoms. The first-order valence-electron chi connectivity index (χ1n) is 5.82. The van der Waals surface area contributed by atoms with Gasteiger partial charge in [-0.05, 0) is 18.2 Å². The largest absolute Gasteiger partial charge is 0.506 e. The Kier molecular flexibility index (Phi) is 4.63. The third-order valence-electron chi connectivity index (χ3n) is 2.64. The Morgan fingerprint density at radius 3 is 2.65 bits per heavy atom. The summed E-state index contributed by atoms with van der Waals surface area (Å²) in [5.74, 6) is 0.0120. The molecule has 2 aromatic rings. The second-order valence-corrected chi connectivity index (χ2v) is 4.38. The molecule has 0 atom stereocenters. The standard InChI is InChI=1S/C14H12ClF2NO2/c15-10-5-3-4-9(13(10)19)8-18-11-6-1-2-7-12(11)20-14(16)17/h1-7,14,18-19H,8H2. The van der Waals surface area contributed by atoms with Crippen LogP contribution in [0.1, 0.15) is 5.56 Å². The highest BCUT2D eigenvalue weighted by Gasteiger charge is 2.10. The summed E-state index contributed by atoms with van der Waals surface area (Å²) >= 11 is 5.79.